The average molecular weight is 506 g/mol. The molecule has 4 N–H and O–H groups in total. The summed E-state index contributed by atoms with van der Waals surface area (Å²) in [7, 11) is 3.35. The van der Waals surface area contributed by atoms with E-state index in [1.54, 1.807) is 14.2 Å². The van der Waals surface area contributed by atoms with E-state index >= 15 is 0 Å². The Bertz CT molecular complexity index is 1250. The molecular weight excluding hydrogens is 464 g/mol. The molecule has 1 saturated carbocycles. The maximum Gasteiger partial charge on any atom is 0.164 e. The lowest BCUT2D eigenvalue weighted by Crippen LogP contribution is -2.87. The van der Waals surface area contributed by atoms with Crippen LogP contribution in [0.25, 0.3) is 10.9 Å². The fourth-order valence-electron chi connectivity index (χ4n) is 6.47. The number of fused-ring (bicyclic) bond motifs is 2. The number of nitrogens with two attached hydrogens (primary N) is 1. The van der Waals surface area contributed by atoms with E-state index in [4.69, 9.17) is 14.2 Å². The van der Waals surface area contributed by atoms with Crippen LogP contribution in [0.5, 0.6) is 11.5 Å². The minimum Gasteiger partial charge on any atom is -0.493 e. The minimum atomic E-state index is -0.526. The first kappa shape index (κ1) is 25.8. The van der Waals surface area contributed by atoms with Gasteiger partial charge in [0.2, 0.25) is 0 Å². The molecule has 3 aliphatic carbocycles. The zero-order chi connectivity index (χ0) is 26.0. The molecule has 4 atom stereocenters. The lowest BCUT2D eigenvalue weighted by molar-refractivity contribution is -0.662. The molecule has 2 aromatic carbocycles. The molecule has 6 heteroatoms. The zero-order valence-corrected chi connectivity index (χ0v) is 22.5. The molecule has 1 fully saturated rings. The van der Waals surface area contributed by atoms with Crippen molar-refractivity contribution < 1.29 is 24.6 Å². The number of aliphatic hydroxyl groups excluding tert-OH is 1. The average Bonchev–Trinajstić information content (AvgIpc) is 3.34. The summed E-state index contributed by atoms with van der Waals surface area (Å²) >= 11 is 0. The number of para-hydroxylation sites is 2. The van der Waals surface area contributed by atoms with Crippen LogP contribution in [0.4, 0.5) is 0 Å². The van der Waals surface area contributed by atoms with Gasteiger partial charge in [-0.1, -0.05) is 50.3 Å². The summed E-state index contributed by atoms with van der Waals surface area (Å²) in [6.07, 6.45) is 6.40. The number of aromatic amines is 1. The first-order chi connectivity index (χ1) is 17.9. The van der Waals surface area contributed by atoms with Gasteiger partial charge in [0.1, 0.15) is 12.6 Å². The van der Waals surface area contributed by atoms with Crippen molar-refractivity contribution in [2.75, 3.05) is 40.5 Å². The third-order valence-corrected chi connectivity index (χ3v) is 8.81. The van der Waals surface area contributed by atoms with Gasteiger partial charge in [-0.3, -0.25) is 0 Å². The molecule has 0 aliphatic heterocycles. The van der Waals surface area contributed by atoms with Crippen LogP contribution >= 0.6 is 0 Å². The van der Waals surface area contributed by atoms with Gasteiger partial charge >= 0.3 is 0 Å². The number of H-pyrrole nitrogens is 1. The van der Waals surface area contributed by atoms with Gasteiger partial charge in [-0.05, 0) is 53.4 Å². The van der Waals surface area contributed by atoms with E-state index in [-0.39, 0.29) is 5.92 Å². The van der Waals surface area contributed by atoms with E-state index in [1.807, 2.05) is 18.2 Å². The van der Waals surface area contributed by atoms with Gasteiger partial charge in [-0.15, -0.1) is 0 Å². The van der Waals surface area contributed by atoms with Crippen LogP contribution in [0.15, 0.2) is 60.3 Å². The molecule has 3 aromatic rings. The molecule has 6 rings (SSSR count). The van der Waals surface area contributed by atoms with E-state index in [2.05, 4.69) is 60.7 Å². The van der Waals surface area contributed by atoms with E-state index in [0.29, 0.717) is 31.1 Å². The normalized spacial score (nSPS) is 21.7. The van der Waals surface area contributed by atoms with Crippen molar-refractivity contribution in [1.82, 2.24) is 4.98 Å². The molecule has 0 amide bonds. The van der Waals surface area contributed by atoms with Gasteiger partial charge in [-0.25, -0.2) is 0 Å². The SMILES string of the molecule is COc1cccc([C@@H](C[NH2+]C[C@@H](O)COCC2=CC[C@H]3C[C@@H]2C3(C)C)c2c[nH]c3ccccc23)c1OC. The smallest absolute Gasteiger partial charge is 0.164 e. The number of quaternary nitrogens is 1. The molecule has 6 nitrogen and oxygen atoms in total. The Morgan fingerprint density at radius 3 is 2.65 bits per heavy atom. The second-order valence-electron chi connectivity index (χ2n) is 11.2. The second-order valence-corrected chi connectivity index (χ2v) is 11.2. The van der Waals surface area contributed by atoms with Crippen molar-refractivity contribution in [3.63, 3.8) is 0 Å². The lowest BCUT2D eigenvalue weighted by atomic mass is 9.49. The van der Waals surface area contributed by atoms with E-state index < -0.39 is 6.10 Å². The van der Waals surface area contributed by atoms with Crippen LogP contribution in [0.3, 0.4) is 0 Å². The summed E-state index contributed by atoms with van der Waals surface area (Å²) in [5, 5.41) is 14.1. The van der Waals surface area contributed by atoms with Crippen LogP contribution in [-0.4, -0.2) is 56.7 Å². The molecule has 37 heavy (non-hydrogen) atoms. The Morgan fingerprint density at radius 2 is 1.89 bits per heavy atom. The molecule has 0 radical (unpaired) electrons. The molecule has 3 aliphatic rings. The highest BCUT2D eigenvalue weighted by molar-refractivity contribution is 5.84. The fourth-order valence-corrected chi connectivity index (χ4v) is 6.47. The zero-order valence-electron chi connectivity index (χ0n) is 22.5. The predicted molar refractivity (Wildman–Crippen MR) is 146 cm³/mol. The van der Waals surface area contributed by atoms with Crippen molar-refractivity contribution in [1.29, 1.82) is 0 Å². The van der Waals surface area contributed by atoms with Gasteiger partial charge in [0.25, 0.3) is 0 Å². The Kier molecular flexibility index (Phi) is 7.61. The van der Waals surface area contributed by atoms with Gasteiger partial charge in [0, 0.05) is 22.7 Å². The van der Waals surface area contributed by atoms with E-state index in [9.17, 15) is 5.11 Å². The highest BCUT2D eigenvalue weighted by Crippen LogP contribution is 2.59. The molecule has 0 unspecified atom stereocenters. The molecule has 1 heterocycles. The maximum atomic E-state index is 10.7. The third kappa shape index (κ3) is 5.02. The Labute approximate surface area is 220 Å². The van der Waals surface area contributed by atoms with E-state index in [0.717, 1.165) is 35.0 Å². The number of hydrogen-bond donors (Lipinski definition) is 3. The number of allylic oxidation sites excluding steroid dienone is 1. The summed E-state index contributed by atoms with van der Waals surface area (Å²) in [6, 6.07) is 14.4. The molecule has 0 saturated heterocycles. The molecule has 1 aromatic heterocycles. The fraction of sp³-hybridized carbons (Fsp3) is 0.484. The summed E-state index contributed by atoms with van der Waals surface area (Å²) in [5.74, 6) is 2.99. The number of rotatable bonds is 12. The van der Waals surface area contributed by atoms with Crippen molar-refractivity contribution in [3.05, 3.63) is 71.4 Å². The number of hydrogen-bond acceptors (Lipinski definition) is 4. The molecule has 2 bridgehead atoms. The van der Waals surface area contributed by atoms with Crippen LogP contribution in [-0.2, 0) is 4.74 Å². The summed E-state index contributed by atoms with van der Waals surface area (Å²) in [6.45, 7) is 7.07. The van der Waals surface area contributed by atoms with Crippen molar-refractivity contribution in [2.24, 2.45) is 17.3 Å². The standard InChI is InChI=1S/C31H40N2O4/c1-31(2)21-13-12-20(27(31)14-21)18-37-19-22(34)15-32-16-25(24-9-7-11-29(35-3)30(24)36-4)26-17-33-28-10-6-5-8-23(26)28/h5-12,17,21-22,25,27,32-34H,13-16,18-19H2,1-4H3/p+1/t21-,22+,25+,27-/m0/s1. The van der Waals surface area contributed by atoms with Crippen molar-refractivity contribution >= 4 is 10.9 Å². The molecule has 198 valence electrons. The van der Waals surface area contributed by atoms with Gasteiger partial charge in [0.15, 0.2) is 11.5 Å². The summed E-state index contributed by atoms with van der Waals surface area (Å²) in [4.78, 5) is 3.41. The summed E-state index contributed by atoms with van der Waals surface area (Å²) < 4.78 is 17.4. The molecule has 0 spiro atoms. The molecular formula is C31H41N2O4+. The van der Waals surface area contributed by atoms with Gasteiger partial charge < -0.3 is 29.6 Å². The number of nitrogens with one attached hydrogen (secondary N) is 1. The summed E-state index contributed by atoms with van der Waals surface area (Å²) in [5.41, 5.74) is 5.20. The van der Waals surface area contributed by atoms with Crippen molar-refractivity contribution in [2.45, 2.75) is 38.7 Å². The van der Waals surface area contributed by atoms with Crippen LogP contribution < -0.4 is 14.8 Å². The van der Waals surface area contributed by atoms with Gasteiger partial charge in [0.05, 0.1) is 39.9 Å². The van der Waals surface area contributed by atoms with Gasteiger partial charge in [-0.2, -0.15) is 0 Å². The Balaban J connectivity index is 1.24. The number of aromatic nitrogens is 1. The topological polar surface area (TPSA) is 80.3 Å². The van der Waals surface area contributed by atoms with Crippen LogP contribution in [0.1, 0.15) is 43.7 Å². The number of aliphatic hydroxyl groups is 1. The third-order valence-electron chi connectivity index (χ3n) is 8.81. The highest BCUT2D eigenvalue weighted by Gasteiger charge is 2.50. The monoisotopic (exact) mass is 505 g/mol. The number of ether oxygens (including phenoxy) is 3. The first-order valence-electron chi connectivity index (χ1n) is 13.5. The number of benzene rings is 2. The van der Waals surface area contributed by atoms with Crippen molar-refractivity contribution in [3.8, 4) is 11.5 Å². The van der Waals surface area contributed by atoms with E-state index in [1.165, 1.54) is 29.4 Å². The first-order valence-corrected chi connectivity index (χ1v) is 13.5. The Morgan fingerprint density at radius 1 is 1.05 bits per heavy atom. The minimum absolute atomic E-state index is 0.0514. The maximum absolute atomic E-state index is 10.7. The largest absolute Gasteiger partial charge is 0.493 e. The number of methoxy groups -OCH3 is 2. The Hall–Kier alpha value is -2.80. The highest BCUT2D eigenvalue weighted by atomic mass is 16.5. The second kappa shape index (κ2) is 10.9. The van der Waals surface area contributed by atoms with Crippen LogP contribution in [0, 0.1) is 17.3 Å². The lowest BCUT2D eigenvalue weighted by Gasteiger charge is -2.56. The van der Waals surface area contributed by atoms with Crippen LogP contribution in [0.2, 0.25) is 0 Å². The predicted octanol–water partition coefficient (Wildman–Crippen LogP) is 4.25. The quantitative estimate of drug-likeness (QED) is 0.322.